The van der Waals surface area contributed by atoms with Crippen molar-refractivity contribution in [2.75, 3.05) is 0 Å². The molecule has 3 fully saturated rings. The molecule has 4 aliphatic rings. The van der Waals surface area contributed by atoms with E-state index in [1.165, 1.54) is 12.0 Å². The van der Waals surface area contributed by atoms with Crippen LogP contribution in [0.25, 0.3) is 0 Å². The van der Waals surface area contributed by atoms with Crippen LogP contribution in [-0.4, -0.2) is 17.0 Å². The molecule has 0 aromatic rings. The van der Waals surface area contributed by atoms with Crippen LogP contribution in [0.1, 0.15) is 66.2 Å². The fraction of sp³-hybridized carbons (Fsp3) is 0.857. The van der Waals surface area contributed by atoms with Crippen molar-refractivity contribution in [3.8, 4) is 0 Å². The Kier molecular flexibility index (Phi) is 3.41. The standard InChI is InChI=1S/C21H32O2/c1-12-9-14-10-15(22)7-8-20(14,3)19-13(2)11-21(4)16(18(12)19)5-6-17(21)23/h10,12-13,16-19,23H,5-9,11H2,1-4H3/t12-,13+,16+,17+,18+,19+,20+,21+/m1/s1. The van der Waals surface area contributed by atoms with E-state index in [2.05, 4.69) is 27.7 Å². The van der Waals surface area contributed by atoms with Gasteiger partial charge in [0.2, 0.25) is 0 Å². The van der Waals surface area contributed by atoms with Gasteiger partial charge >= 0.3 is 0 Å². The molecule has 0 unspecified atom stereocenters. The van der Waals surface area contributed by atoms with Crippen LogP contribution in [0.3, 0.4) is 0 Å². The van der Waals surface area contributed by atoms with Gasteiger partial charge in [-0.05, 0) is 78.6 Å². The first kappa shape index (κ1) is 15.9. The van der Waals surface area contributed by atoms with Gasteiger partial charge in [-0.3, -0.25) is 4.79 Å². The minimum atomic E-state index is -0.110. The predicted molar refractivity (Wildman–Crippen MR) is 91.8 cm³/mol. The zero-order chi connectivity index (χ0) is 16.6. The van der Waals surface area contributed by atoms with Crippen LogP contribution in [0, 0.1) is 40.4 Å². The zero-order valence-electron chi connectivity index (χ0n) is 15.1. The molecule has 0 amide bonds. The molecule has 0 saturated heterocycles. The Morgan fingerprint density at radius 1 is 1.17 bits per heavy atom. The van der Waals surface area contributed by atoms with Crippen molar-refractivity contribution in [1.29, 1.82) is 0 Å². The largest absolute Gasteiger partial charge is 0.393 e. The van der Waals surface area contributed by atoms with E-state index in [-0.39, 0.29) is 16.9 Å². The molecular weight excluding hydrogens is 284 g/mol. The lowest BCUT2D eigenvalue weighted by molar-refractivity contribution is -0.128. The maximum absolute atomic E-state index is 12.0. The maximum Gasteiger partial charge on any atom is 0.155 e. The molecule has 0 heterocycles. The molecule has 4 rings (SSSR count). The fourth-order valence-electron chi connectivity index (χ4n) is 7.55. The minimum Gasteiger partial charge on any atom is -0.393 e. The molecule has 23 heavy (non-hydrogen) atoms. The van der Waals surface area contributed by atoms with Gasteiger partial charge in [0.05, 0.1) is 6.10 Å². The summed E-state index contributed by atoms with van der Waals surface area (Å²) >= 11 is 0. The van der Waals surface area contributed by atoms with E-state index in [9.17, 15) is 9.90 Å². The van der Waals surface area contributed by atoms with Gasteiger partial charge in [-0.1, -0.05) is 33.3 Å². The third-order valence-electron chi connectivity index (χ3n) is 8.51. The van der Waals surface area contributed by atoms with Crippen molar-refractivity contribution in [2.45, 2.75) is 72.3 Å². The highest BCUT2D eigenvalue weighted by Crippen LogP contribution is 2.67. The van der Waals surface area contributed by atoms with E-state index in [1.807, 2.05) is 6.08 Å². The predicted octanol–water partition coefficient (Wildman–Crippen LogP) is 4.37. The Bertz CT molecular complexity index is 564. The number of aliphatic hydroxyl groups is 1. The third kappa shape index (κ3) is 2.00. The number of hydrogen-bond acceptors (Lipinski definition) is 2. The Labute approximate surface area is 140 Å². The van der Waals surface area contributed by atoms with Crippen molar-refractivity contribution < 1.29 is 9.90 Å². The number of fused-ring (bicyclic) bond motifs is 5. The van der Waals surface area contributed by atoms with Gasteiger partial charge in [0.25, 0.3) is 0 Å². The minimum absolute atomic E-state index is 0.110. The molecule has 3 saturated carbocycles. The normalized spacial score (nSPS) is 55.7. The highest BCUT2D eigenvalue weighted by atomic mass is 16.3. The van der Waals surface area contributed by atoms with Crippen LogP contribution >= 0.6 is 0 Å². The maximum atomic E-state index is 12.0. The SMILES string of the molecule is C[C@@H]1CC2=CC(=O)CC[C@]2(C)[C@@H]2[C@@H]1[C@@H]1CC[C@H](O)[C@@]1(C)C[C@@H]2C. The number of aliphatic hydroxyl groups excluding tert-OH is 1. The summed E-state index contributed by atoms with van der Waals surface area (Å²) < 4.78 is 0. The lowest BCUT2D eigenvalue weighted by Crippen LogP contribution is -2.56. The van der Waals surface area contributed by atoms with Gasteiger partial charge in [-0.25, -0.2) is 0 Å². The number of ketones is 1. The summed E-state index contributed by atoms with van der Waals surface area (Å²) in [6, 6.07) is 0. The first-order valence-electron chi connectivity index (χ1n) is 9.69. The van der Waals surface area contributed by atoms with Crippen LogP contribution in [-0.2, 0) is 4.79 Å². The molecule has 8 atom stereocenters. The molecule has 0 spiro atoms. The number of allylic oxidation sites excluding steroid dienone is 1. The summed E-state index contributed by atoms with van der Waals surface area (Å²) in [6.45, 7) is 9.62. The summed E-state index contributed by atoms with van der Waals surface area (Å²) in [6.07, 6.45) is 8.10. The number of carbonyl (C=O) groups excluding carboxylic acids is 1. The Morgan fingerprint density at radius 2 is 1.91 bits per heavy atom. The van der Waals surface area contributed by atoms with Crippen molar-refractivity contribution in [3.63, 3.8) is 0 Å². The Morgan fingerprint density at radius 3 is 2.65 bits per heavy atom. The highest BCUT2D eigenvalue weighted by molar-refractivity contribution is 5.91. The van der Waals surface area contributed by atoms with E-state index < -0.39 is 0 Å². The molecular formula is C21H32O2. The van der Waals surface area contributed by atoms with E-state index >= 15 is 0 Å². The van der Waals surface area contributed by atoms with E-state index in [4.69, 9.17) is 0 Å². The van der Waals surface area contributed by atoms with Gasteiger partial charge in [0.15, 0.2) is 5.78 Å². The van der Waals surface area contributed by atoms with Crippen LogP contribution < -0.4 is 0 Å². The quantitative estimate of drug-likeness (QED) is 0.720. The lowest BCUT2D eigenvalue weighted by Gasteiger charge is -2.62. The number of rotatable bonds is 0. The van der Waals surface area contributed by atoms with Crippen molar-refractivity contribution >= 4 is 5.78 Å². The second kappa shape index (κ2) is 4.94. The van der Waals surface area contributed by atoms with Gasteiger partial charge in [-0.15, -0.1) is 0 Å². The molecule has 128 valence electrons. The fourth-order valence-corrected chi connectivity index (χ4v) is 7.55. The van der Waals surface area contributed by atoms with E-state index in [0.717, 1.165) is 38.0 Å². The second-order valence-electron chi connectivity index (χ2n) is 9.72. The van der Waals surface area contributed by atoms with Gasteiger partial charge in [0.1, 0.15) is 0 Å². The highest BCUT2D eigenvalue weighted by Gasteiger charge is 2.62. The number of carbonyl (C=O) groups is 1. The summed E-state index contributed by atoms with van der Waals surface area (Å²) in [4.78, 5) is 12.0. The molecule has 1 N–H and O–H groups in total. The lowest BCUT2D eigenvalue weighted by atomic mass is 9.43. The smallest absolute Gasteiger partial charge is 0.155 e. The molecule has 0 radical (unpaired) electrons. The van der Waals surface area contributed by atoms with Crippen LogP contribution in [0.5, 0.6) is 0 Å². The van der Waals surface area contributed by atoms with Crippen molar-refractivity contribution in [3.05, 3.63) is 11.6 Å². The molecule has 2 nitrogen and oxygen atoms in total. The van der Waals surface area contributed by atoms with E-state index in [0.29, 0.717) is 29.5 Å². The van der Waals surface area contributed by atoms with Gasteiger partial charge < -0.3 is 5.11 Å². The first-order chi connectivity index (χ1) is 10.8. The molecule has 2 heteroatoms. The number of hydrogen-bond donors (Lipinski definition) is 1. The first-order valence-corrected chi connectivity index (χ1v) is 9.69. The van der Waals surface area contributed by atoms with Crippen LogP contribution in [0.15, 0.2) is 11.6 Å². The third-order valence-corrected chi connectivity index (χ3v) is 8.51. The van der Waals surface area contributed by atoms with Crippen molar-refractivity contribution in [2.24, 2.45) is 40.4 Å². The van der Waals surface area contributed by atoms with Gasteiger partial charge in [-0.2, -0.15) is 0 Å². The molecule has 0 aromatic carbocycles. The summed E-state index contributed by atoms with van der Waals surface area (Å²) in [5.74, 6) is 3.70. The molecule has 0 bridgehead atoms. The molecule has 0 aliphatic heterocycles. The zero-order valence-corrected chi connectivity index (χ0v) is 15.1. The monoisotopic (exact) mass is 316 g/mol. The van der Waals surface area contributed by atoms with E-state index in [1.54, 1.807) is 0 Å². The molecule has 4 aliphatic carbocycles. The van der Waals surface area contributed by atoms with Crippen LogP contribution in [0.2, 0.25) is 0 Å². The average molecular weight is 316 g/mol. The Hall–Kier alpha value is -0.630. The van der Waals surface area contributed by atoms with Crippen molar-refractivity contribution in [1.82, 2.24) is 0 Å². The topological polar surface area (TPSA) is 37.3 Å². The average Bonchev–Trinajstić information content (AvgIpc) is 2.76. The second-order valence-corrected chi connectivity index (χ2v) is 9.72. The summed E-state index contributed by atoms with van der Waals surface area (Å²) in [5.41, 5.74) is 1.78. The Balaban J connectivity index is 1.79. The van der Waals surface area contributed by atoms with Crippen LogP contribution in [0.4, 0.5) is 0 Å². The van der Waals surface area contributed by atoms with Gasteiger partial charge in [0, 0.05) is 6.42 Å². The summed E-state index contributed by atoms with van der Waals surface area (Å²) in [7, 11) is 0. The summed E-state index contributed by atoms with van der Waals surface area (Å²) in [5, 5.41) is 10.7. The molecule has 0 aromatic heterocycles.